The Morgan fingerprint density at radius 2 is 2.00 bits per heavy atom. The van der Waals surface area contributed by atoms with Gasteiger partial charge in [0.2, 0.25) is 0 Å². The minimum atomic E-state index is 0.736. The summed E-state index contributed by atoms with van der Waals surface area (Å²) in [7, 11) is 1.74. The zero-order valence-electron chi connectivity index (χ0n) is 6.07. The van der Waals surface area contributed by atoms with Crippen LogP contribution in [0.1, 0.15) is 6.42 Å². The van der Waals surface area contributed by atoms with Gasteiger partial charge in [0, 0.05) is 17.6 Å². The highest BCUT2D eigenvalue weighted by Gasteiger charge is 2.05. The van der Waals surface area contributed by atoms with Crippen LogP contribution in [-0.4, -0.2) is 15.0 Å². The average Bonchev–Trinajstić information content (AvgIpc) is 2.04. The SMILES string of the molecule is [C]#CC1=CC=C(C#[C])C(=[SiH2])C1. The number of allylic oxidation sites excluding steroid dienone is 4. The lowest BCUT2D eigenvalue weighted by atomic mass is 9.99. The number of hydrogen-bond donors (Lipinski definition) is 0. The summed E-state index contributed by atoms with van der Waals surface area (Å²) < 4.78 is 0. The minimum absolute atomic E-state index is 0.736. The van der Waals surface area contributed by atoms with E-state index in [1.165, 1.54) is 0 Å². The molecule has 0 saturated heterocycles. The van der Waals surface area contributed by atoms with Gasteiger partial charge in [-0.05, 0) is 34.9 Å². The minimum Gasteiger partial charge on any atom is -0.0569 e. The maximum absolute atomic E-state index is 6.92. The van der Waals surface area contributed by atoms with E-state index in [0.717, 1.165) is 22.7 Å². The molecule has 0 unspecified atom stereocenters. The fourth-order valence-corrected chi connectivity index (χ4v) is 1.38. The third-order valence-corrected chi connectivity index (χ3v) is 2.16. The monoisotopic (exact) mass is 154 g/mol. The summed E-state index contributed by atoms with van der Waals surface area (Å²) in [5, 5.41) is 1.11. The van der Waals surface area contributed by atoms with Crippen molar-refractivity contribution in [1.82, 2.24) is 0 Å². The molecule has 0 aromatic carbocycles. The van der Waals surface area contributed by atoms with Crippen molar-refractivity contribution < 1.29 is 0 Å². The molecular weight excluding hydrogens is 148 g/mol. The number of rotatable bonds is 0. The molecule has 0 fully saturated rings. The van der Waals surface area contributed by atoms with Gasteiger partial charge >= 0.3 is 0 Å². The van der Waals surface area contributed by atoms with E-state index in [2.05, 4.69) is 11.8 Å². The first-order valence-corrected chi connectivity index (χ1v) is 3.93. The largest absolute Gasteiger partial charge is 0.0569 e. The van der Waals surface area contributed by atoms with Gasteiger partial charge in [-0.15, -0.1) is 0 Å². The molecule has 1 rings (SSSR count). The van der Waals surface area contributed by atoms with E-state index in [1.54, 1.807) is 22.0 Å². The third-order valence-electron chi connectivity index (χ3n) is 1.53. The molecule has 1 aliphatic rings. The summed E-state index contributed by atoms with van der Waals surface area (Å²) in [6.45, 7) is 0. The quantitative estimate of drug-likeness (QED) is 0.346. The number of hydrogen-bond acceptors (Lipinski definition) is 0. The fourth-order valence-electron chi connectivity index (χ4n) is 0.902. The van der Waals surface area contributed by atoms with E-state index >= 15 is 0 Å². The van der Waals surface area contributed by atoms with Gasteiger partial charge in [0.15, 0.2) is 0 Å². The molecule has 1 heteroatoms. The van der Waals surface area contributed by atoms with E-state index in [0.29, 0.717) is 0 Å². The first-order valence-electron chi connectivity index (χ1n) is 3.22. The zero-order valence-corrected chi connectivity index (χ0v) is 7.48. The Balaban J connectivity index is 2.99. The Bertz CT molecular complexity index is 329. The van der Waals surface area contributed by atoms with Crippen molar-refractivity contribution in [2.45, 2.75) is 6.42 Å². The molecule has 0 bridgehead atoms. The van der Waals surface area contributed by atoms with Crippen LogP contribution >= 0.6 is 0 Å². The standard InChI is InChI=1S/C10H6Si/c1-3-8-5-6-9(4-2)10(11)7-8/h5-6H,7,11H2. The van der Waals surface area contributed by atoms with Crippen LogP contribution < -0.4 is 0 Å². The molecule has 2 radical (unpaired) electrons. The molecule has 11 heavy (non-hydrogen) atoms. The van der Waals surface area contributed by atoms with Crippen LogP contribution in [0.5, 0.6) is 0 Å². The Morgan fingerprint density at radius 1 is 1.27 bits per heavy atom. The predicted octanol–water partition coefficient (Wildman–Crippen LogP) is 0.228. The first-order chi connectivity index (χ1) is 5.27. The Kier molecular flexibility index (Phi) is 2.26. The summed E-state index contributed by atoms with van der Waals surface area (Å²) in [4.78, 5) is 0. The van der Waals surface area contributed by atoms with E-state index in [1.807, 2.05) is 0 Å². The summed E-state index contributed by atoms with van der Waals surface area (Å²) in [6, 6.07) is 0. The maximum Gasteiger partial charge on any atom is 0.0239 e. The molecular formula is C10H6Si. The Labute approximate surface area is 70.0 Å². The fraction of sp³-hybridized carbons (Fsp3) is 0.100. The summed E-state index contributed by atoms with van der Waals surface area (Å²) >= 11 is 0. The lowest BCUT2D eigenvalue weighted by molar-refractivity contribution is 1.38. The molecule has 0 spiro atoms. The molecule has 0 aromatic heterocycles. The molecule has 50 valence electrons. The molecule has 0 atom stereocenters. The second kappa shape index (κ2) is 3.19. The van der Waals surface area contributed by atoms with Gasteiger partial charge in [-0.25, -0.2) is 0 Å². The zero-order chi connectivity index (χ0) is 8.27. The first kappa shape index (κ1) is 7.79. The highest BCUT2D eigenvalue weighted by atomic mass is 28.1. The van der Waals surface area contributed by atoms with Gasteiger partial charge in [-0.2, -0.15) is 0 Å². The van der Waals surface area contributed by atoms with E-state index < -0.39 is 0 Å². The Hall–Kier alpha value is -1.31. The highest BCUT2D eigenvalue weighted by molar-refractivity contribution is 6.45. The van der Waals surface area contributed by atoms with Gasteiger partial charge in [0.25, 0.3) is 0 Å². The average molecular weight is 154 g/mol. The van der Waals surface area contributed by atoms with Gasteiger partial charge in [-0.3, -0.25) is 0 Å². The van der Waals surface area contributed by atoms with Crippen molar-refractivity contribution in [2.24, 2.45) is 0 Å². The predicted molar refractivity (Wildman–Crippen MR) is 48.6 cm³/mol. The van der Waals surface area contributed by atoms with Crippen molar-refractivity contribution >= 4 is 15.0 Å². The van der Waals surface area contributed by atoms with Gasteiger partial charge in [0.05, 0.1) is 0 Å². The molecule has 0 N–H and O–H groups in total. The molecule has 0 heterocycles. The topological polar surface area (TPSA) is 0 Å². The van der Waals surface area contributed by atoms with Gasteiger partial charge in [-0.1, -0.05) is 17.0 Å². The van der Waals surface area contributed by atoms with Crippen LogP contribution in [0.25, 0.3) is 0 Å². The maximum atomic E-state index is 6.92. The lowest BCUT2D eigenvalue weighted by Crippen LogP contribution is -2.06. The van der Waals surface area contributed by atoms with Crippen molar-refractivity contribution in [2.75, 3.05) is 0 Å². The van der Waals surface area contributed by atoms with E-state index in [4.69, 9.17) is 12.8 Å². The van der Waals surface area contributed by atoms with Crippen LogP contribution in [0.15, 0.2) is 23.3 Å². The van der Waals surface area contributed by atoms with Crippen LogP contribution in [0.4, 0.5) is 0 Å². The molecule has 0 saturated carbocycles. The van der Waals surface area contributed by atoms with Crippen molar-refractivity contribution in [3.8, 4) is 11.8 Å². The third kappa shape index (κ3) is 1.58. The van der Waals surface area contributed by atoms with Crippen LogP contribution in [0.3, 0.4) is 0 Å². The van der Waals surface area contributed by atoms with Crippen LogP contribution in [0.2, 0.25) is 0 Å². The second-order valence-electron chi connectivity index (χ2n) is 2.30. The normalized spacial score (nSPS) is 16.0. The summed E-state index contributed by atoms with van der Waals surface area (Å²) in [6.07, 6.45) is 18.1. The van der Waals surface area contributed by atoms with Gasteiger partial charge in [0.1, 0.15) is 0 Å². The molecule has 0 amide bonds. The van der Waals surface area contributed by atoms with Crippen LogP contribution in [0, 0.1) is 24.7 Å². The molecule has 0 aliphatic heterocycles. The second-order valence-corrected chi connectivity index (χ2v) is 3.16. The van der Waals surface area contributed by atoms with Crippen LogP contribution in [-0.2, 0) is 0 Å². The van der Waals surface area contributed by atoms with Crippen molar-refractivity contribution in [3.63, 3.8) is 0 Å². The van der Waals surface area contributed by atoms with E-state index in [-0.39, 0.29) is 0 Å². The lowest BCUT2D eigenvalue weighted by Gasteiger charge is -2.08. The highest BCUT2D eigenvalue weighted by Crippen LogP contribution is 2.12. The van der Waals surface area contributed by atoms with Crippen molar-refractivity contribution in [3.05, 3.63) is 36.1 Å². The Morgan fingerprint density at radius 3 is 2.45 bits per heavy atom. The molecule has 0 aromatic rings. The molecule has 1 aliphatic carbocycles. The van der Waals surface area contributed by atoms with Gasteiger partial charge < -0.3 is 0 Å². The summed E-state index contributed by atoms with van der Waals surface area (Å²) in [5.41, 5.74) is 1.70. The smallest absolute Gasteiger partial charge is 0.0239 e. The molecule has 0 nitrogen and oxygen atoms in total. The van der Waals surface area contributed by atoms with E-state index in [9.17, 15) is 0 Å². The summed E-state index contributed by atoms with van der Waals surface area (Å²) in [5.74, 6) is 4.69. The van der Waals surface area contributed by atoms with Crippen molar-refractivity contribution in [1.29, 1.82) is 0 Å².